The fraction of sp³-hybridized carbons (Fsp3) is 0.136. The Kier molecular flexibility index (Phi) is 5.15. The number of fused-ring (bicyclic) bond motifs is 1. The predicted molar refractivity (Wildman–Crippen MR) is 114 cm³/mol. The van der Waals surface area contributed by atoms with Crippen LogP contribution in [0.1, 0.15) is 22.3 Å². The van der Waals surface area contributed by atoms with Crippen molar-refractivity contribution in [1.29, 1.82) is 0 Å². The van der Waals surface area contributed by atoms with Crippen LogP contribution in [0.4, 0.5) is 10.1 Å². The molecule has 0 aromatic heterocycles. The SMILES string of the molecule is Cc1c(Cl)cccc1S(=O)(=O)Nc1cccc(C2=NCCc3ccc(F)cc32)c1. The highest BCUT2D eigenvalue weighted by molar-refractivity contribution is 7.92. The molecule has 0 atom stereocenters. The average molecular weight is 429 g/mol. The first kappa shape index (κ1) is 19.6. The van der Waals surface area contributed by atoms with E-state index in [0.29, 0.717) is 28.5 Å². The molecule has 29 heavy (non-hydrogen) atoms. The van der Waals surface area contributed by atoms with Gasteiger partial charge in [0.15, 0.2) is 0 Å². The Morgan fingerprint density at radius 2 is 1.86 bits per heavy atom. The number of aliphatic imine (C=N–C) groups is 1. The molecule has 1 heterocycles. The van der Waals surface area contributed by atoms with E-state index in [9.17, 15) is 12.8 Å². The van der Waals surface area contributed by atoms with Crippen LogP contribution in [0.5, 0.6) is 0 Å². The van der Waals surface area contributed by atoms with Gasteiger partial charge in [-0.25, -0.2) is 12.8 Å². The van der Waals surface area contributed by atoms with E-state index in [1.807, 2.05) is 6.07 Å². The first-order chi connectivity index (χ1) is 13.8. The first-order valence-electron chi connectivity index (χ1n) is 9.07. The molecule has 7 heteroatoms. The molecule has 3 aromatic rings. The number of halogens is 2. The van der Waals surface area contributed by atoms with E-state index in [2.05, 4.69) is 9.71 Å². The second kappa shape index (κ2) is 7.61. The van der Waals surface area contributed by atoms with Crippen LogP contribution in [0.15, 0.2) is 70.6 Å². The van der Waals surface area contributed by atoms with Gasteiger partial charge in [0, 0.05) is 28.4 Å². The molecule has 0 radical (unpaired) electrons. The van der Waals surface area contributed by atoms with Crippen LogP contribution in [0.25, 0.3) is 0 Å². The topological polar surface area (TPSA) is 58.5 Å². The van der Waals surface area contributed by atoms with Crippen LogP contribution in [-0.2, 0) is 16.4 Å². The van der Waals surface area contributed by atoms with Crippen molar-refractivity contribution in [2.45, 2.75) is 18.2 Å². The van der Waals surface area contributed by atoms with E-state index < -0.39 is 10.0 Å². The van der Waals surface area contributed by atoms with Crippen molar-refractivity contribution < 1.29 is 12.8 Å². The number of nitrogens with zero attached hydrogens (tertiary/aromatic N) is 1. The Hall–Kier alpha value is -2.70. The average Bonchev–Trinajstić information content (AvgIpc) is 2.69. The van der Waals surface area contributed by atoms with Crippen molar-refractivity contribution in [3.8, 4) is 0 Å². The number of benzene rings is 3. The minimum atomic E-state index is -3.82. The van der Waals surface area contributed by atoms with E-state index in [0.717, 1.165) is 23.1 Å². The maximum Gasteiger partial charge on any atom is 0.262 e. The van der Waals surface area contributed by atoms with Gasteiger partial charge in [-0.15, -0.1) is 0 Å². The lowest BCUT2D eigenvalue weighted by Gasteiger charge is -2.18. The van der Waals surface area contributed by atoms with Gasteiger partial charge in [0.25, 0.3) is 10.0 Å². The summed E-state index contributed by atoms with van der Waals surface area (Å²) in [4.78, 5) is 4.68. The molecule has 1 aliphatic heterocycles. The summed E-state index contributed by atoms with van der Waals surface area (Å²) in [6, 6.07) is 16.4. The lowest BCUT2D eigenvalue weighted by atomic mass is 9.93. The maximum absolute atomic E-state index is 13.8. The van der Waals surface area contributed by atoms with Crippen LogP contribution in [0.3, 0.4) is 0 Å². The zero-order chi connectivity index (χ0) is 20.6. The molecule has 0 saturated heterocycles. The van der Waals surface area contributed by atoms with Crippen molar-refractivity contribution in [3.05, 3.63) is 93.8 Å². The number of anilines is 1. The Labute approximate surface area is 174 Å². The maximum atomic E-state index is 13.8. The van der Waals surface area contributed by atoms with Gasteiger partial charge < -0.3 is 0 Å². The molecule has 0 spiro atoms. The molecular formula is C22H18ClFN2O2S. The van der Waals surface area contributed by atoms with E-state index in [1.165, 1.54) is 18.2 Å². The fourth-order valence-corrected chi connectivity index (χ4v) is 4.97. The lowest BCUT2D eigenvalue weighted by Crippen LogP contribution is -2.16. The number of hydrogen-bond donors (Lipinski definition) is 1. The highest BCUT2D eigenvalue weighted by atomic mass is 35.5. The quantitative estimate of drug-likeness (QED) is 0.637. The third kappa shape index (κ3) is 3.91. The predicted octanol–water partition coefficient (Wildman–Crippen LogP) is 4.98. The third-order valence-electron chi connectivity index (χ3n) is 4.87. The van der Waals surface area contributed by atoms with Gasteiger partial charge in [-0.3, -0.25) is 9.71 Å². The van der Waals surface area contributed by atoms with Gasteiger partial charge in [-0.2, -0.15) is 0 Å². The van der Waals surface area contributed by atoms with Crippen molar-refractivity contribution >= 4 is 33.0 Å². The van der Waals surface area contributed by atoms with Crippen LogP contribution in [0, 0.1) is 12.7 Å². The highest BCUT2D eigenvalue weighted by Crippen LogP contribution is 2.27. The molecule has 0 saturated carbocycles. The van der Waals surface area contributed by atoms with Gasteiger partial charge in [0.2, 0.25) is 0 Å². The standard InChI is InChI=1S/C22H18ClFN2O2S/c1-14-20(23)6-3-7-21(14)29(27,28)26-18-5-2-4-16(12-18)22-19-13-17(24)9-8-15(19)10-11-25-22/h2-9,12-13,26H,10-11H2,1H3. The molecule has 0 bridgehead atoms. The van der Waals surface area contributed by atoms with E-state index >= 15 is 0 Å². The molecule has 0 unspecified atom stereocenters. The molecule has 4 nitrogen and oxygen atoms in total. The van der Waals surface area contributed by atoms with Crippen LogP contribution < -0.4 is 4.72 Å². The second-order valence-corrected chi connectivity index (χ2v) is 8.89. The monoisotopic (exact) mass is 428 g/mol. The Morgan fingerprint density at radius 1 is 1.07 bits per heavy atom. The van der Waals surface area contributed by atoms with Crippen molar-refractivity contribution in [1.82, 2.24) is 0 Å². The summed E-state index contributed by atoms with van der Waals surface area (Å²) in [6.45, 7) is 2.27. The summed E-state index contributed by atoms with van der Waals surface area (Å²) >= 11 is 6.07. The molecule has 3 aromatic carbocycles. The van der Waals surface area contributed by atoms with Crippen molar-refractivity contribution in [2.24, 2.45) is 4.99 Å². The molecule has 0 aliphatic carbocycles. The fourth-order valence-electron chi connectivity index (χ4n) is 3.43. The number of sulfonamides is 1. The molecular weight excluding hydrogens is 411 g/mol. The lowest BCUT2D eigenvalue weighted by molar-refractivity contribution is 0.600. The zero-order valence-corrected chi connectivity index (χ0v) is 17.2. The Morgan fingerprint density at radius 3 is 2.69 bits per heavy atom. The van der Waals surface area contributed by atoms with Gasteiger partial charge in [0.1, 0.15) is 5.82 Å². The first-order valence-corrected chi connectivity index (χ1v) is 10.9. The summed E-state index contributed by atoms with van der Waals surface area (Å²) in [6.07, 6.45) is 0.749. The molecule has 1 aliphatic rings. The molecule has 1 N–H and O–H groups in total. The van der Waals surface area contributed by atoms with Crippen LogP contribution >= 0.6 is 11.6 Å². The molecule has 148 valence electrons. The normalized spacial score (nSPS) is 13.6. The molecule has 0 amide bonds. The summed E-state index contributed by atoms with van der Waals surface area (Å²) in [5.74, 6) is -0.327. The zero-order valence-electron chi connectivity index (χ0n) is 15.6. The molecule has 4 rings (SSSR count). The summed E-state index contributed by atoms with van der Waals surface area (Å²) in [5.41, 5.74) is 4.02. The van der Waals surface area contributed by atoms with Gasteiger partial charge >= 0.3 is 0 Å². The highest BCUT2D eigenvalue weighted by Gasteiger charge is 2.20. The molecule has 0 fully saturated rings. The second-order valence-electron chi connectivity index (χ2n) is 6.83. The third-order valence-corrected chi connectivity index (χ3v) is 6.81. The minimum Gasteiger partial charge on any atom is -0.284 e. The van der Waals surface area contributed by atoms with Gasteiger partial charge in [-0.1, -0.05) is 35.9 Å². The Bertz CT molecular complexity index is 1240. The summed E-state index contributed by atoms with van der Waals surface area (Å²) in [5, 5.41) is 0.386. The van der Waals surface area contributed by atoms with Crippen molar-refractivity contribution in [3.63, 3.8) is 0 Å². The summed E-state index contributed by atoms with van der Waals surface area (Å²) < 4.78 is 42.1. The van der Waals surface area contributed by atoms with Crippen LogP contribution in [-0.4, -0.2) is 20.7 Å². The number of rotatable bonds is 4. The largest absolute Gasteiger partial charge is 0.284 e. The number of nitrogens with one attached hydrogen (secondary N) is 1. The summed E-state index contributed by atoms with van der Waals surface area (Å²) in [7, 11) is -3.82. The Balaban J connectivity index is 1.70. The smallest absolute Gasteiger partial charge is 0.262 e. The van der Waals surface area contributed by atoms with Gasteiger partial charge in [-0.05, 0) is 60.9 Å². The van der Waals surface area contributed by atoms with E-state index in [4.69, 9.17) is 11.6 Å². The number of hydrogen-bond acceptors (Lipinski definition) is 3. The van der Waals surface area contributed by atoms with Crippen LogP contribution in [0.2, 0.25) is 5.02 Å². The van der Waals surface area contributed by atoms with E-state index in [1.54, 1.807) is 43.3 Å². The minimum absolute atomic E-state index is 0.123. The van der Waals surface area contributed by atoms with Gasteiger partial charge in [0.05, 0.1) is 10.6 Å². The van der Waals surface area contributed by atoms with Crippen molar-refractivity contribution in [2.75, 3.05) is 11.3 Å². The van der Waals surface area contributed by atoms with E-state index in [-0.39, 0.29) is 10.7 Å².